The Labute approximate surface area is 217 Å². The van der Waals surface area contributed by atoms with Gasteiger partial charge in [0.25, 0.3) is 5.56 Å². The first-order chi connectivity index (χ1) is 17.9. The lowest BCUT2D eigenvalue weighted by Crippen LogP contribution is -2.39. The number of ether oxygens (including phenoxy) is 3. The largest absolute Gasteiger partial charge is 0.493 e. The van der Waals surface area contributed by atoms with E-state index < -0.39 is 12.0 Å². The molecule has 2 aromatic heterocycles. The van der Waals surface area contributed by atoms with E-state index in [1.165, 1.54) is 11.3 Å². The van der Waals surface area contributed by atoms with Gasteiger partial charge < -0.3 is 18.8 Å². The number of rotatable bonds is 6. The van der Waals surface area contributed by atoms with Crippen molar-refractivity contribution in [2.24, 2.45) is 12.0 Å². The Morgan fingerprint density at radius 2 is 1.89 bits per heavy atom. The summed E-state index contributed by atoms with van der Waals surface area (Å²) in [6, 6.07) is 12.7. The molecule has 37 heavy (non-hydrogen) atoms. The van der Waals surface area contributed by atoms with Crippen molar-refractivity contribution in [3.63, 3.8) is 0 Å². The van der Waals surface area contributed by atoms with Crippen LogP contribution in [0, 0.1) is 0 Å². The van der Waals surface area contributed by atoms with Crippen molar-refractivity contribution in [1.29, 1.82) is 0 Å². The number of aromatic nitrogens is 2. The predicted octanol–water partition coefficient (Wildman–Crippen LogP) is 3.31. The number of benzene rings is 2. The fraction of sp³-hybridized carbons (Fsp3) is 0.250. The van der Waals surface area contributed by atoms with Crippen LogP contribution in [0.25, 0.3) is 17.0 Å². The molecule has 0 spiro atoms. The molecule has 0 saturated carbocycles. The van der Waals surface area contributed by atoms with Crippen molar-refractivity contribution in [3.8, 4) is 11.5 Å². The van der Waals surface area contributed by atoms with E-state index in [1.54, 1.807) is 44.8 Å². The monoisotopic (exact) mass is 517 g/mol. The van der Waals surface area contributed by atoms with Crippen LogP contribution in [0.15, 0.2) is 69.7 Å². The fourth-order valence-corrected chi connectivity index (χ4v) is 5.80. The summed E-state index contributed by atoms with van der Waals surface area (Å²) < 4.78 is 20.4. The lowest BCUT2D eigenvalue weighted by atomic mass is 9.95. The molecule has 0 N–H and O–H groups in total. The third-order valence-corrected chi connectivity index (χ3v) is 7.44. The van der Waals surface area contributed by atoms with E-state index in [1.807, 2.05) is 54.2 Å². The molecule has 9 heteroatoms. The molecule has 3 heterocycles. The summed E-state index contributed by atoms with van der Waals surface area (Å²) >= 11 is 1.30. The van der Waals surface area contributed by atoms with Crippen molar-refractivity contribution < 1.29 is 19.0 Å². The number of para-hydroxylation sites is 1. The van der Waals surface area contributed by atoms with Gasteiger partial charge >= 0.3 is 5.97 Å². The molecule has 0 unspecified atom stereocenters. The van der Waals surface area contributed by atoms with Crippen molar-refractivity contribution >= 4 is 34.3 Å². The number of esters is 1. The number of nitrogens with zero attached hydrogens (tertiary/aromatic N) is 3. The minimum absolute atomic E-state index is 0.208. The highest BCUT2D eigenvalue weighted by Crippen LogP contribution is 2.36. The second-order valence-corrected chi connectivity index (χ2v) is 9.64. The van der Waals surface area contributed by atoms with Crippen molar-refractivity contribution in [3.05, 3.63) is 90.7 Å². The lowest BCUT2D eigenvalue weighted by molar-refractivity contribution is -0.139. The molecular weight excluding hydrogens is 490 g/mol. The van der Waals surface area contributed by atoms with E-state index in [0.717, 1.165) is 16.5 Å². The first-order valence-electron chi connectivity index (χ1n) is 11.8. The lowest BCUT2D eigenvalue weighted by Gasteiger charge is -2.25. The Balaban J connectivity index is 1.76. The van der Waals surface area contributed by atoms with Gasteiger partial charge in [0.2, 0.25) is 0 Å². The number of carbonyl (C=O) groups is 1. The maximum atomic E-state index is 13.9. The fourth-order valence-electron chi connectivity index (χ4n) is 4.76. The summed E-state index contributed by atoms with van der Waals surface area (Å²) in [4.78, 5) is 32.2. The van der Waals surface area contributed by atoms with E-state index in [0.29, 0.717) is 37.7 Å². The summed E-state index contributed by atoms with van der Waals surface area (Å²) in [5, 5.41) is 1.05. The average molecular weight is 518 g/mol. The molecule has 0 bridgehead atoms. The maximum absolute atomic E-state index is 13.9. The number of allylic oxidation sites excluding steroid dienone is 1. The normalized spacial score (nSPS) is 15.5. The van der Waals surface area contributed by atoms with E-state index in [2.05, 4.69) is 4.99 Å². The van der Waals surface area contributed by atoms with Crippen LogP contribution in [0.1, 0.15) is 31.0 Å². The van der Waals surface area contributed by atoms with Gasteiger partial charge in [0, 0.05) is 29.7 Å². The van der Waals surface area contributed by atoms with E-state index in [-0.39, 0.29) is 12.2 Å². The maximum Gasteiger partial charge on any atom is 0.338 e. The number of thiazole rings is 1. The summed E-state index contributed by atoms with van der Waals surface area (Å²) in [6.07, 6.45) is 3.89. The Morgan fingerprint density at radius 3 is 2.62 bits per heavy atom. The molecule has 0 amide bonds. The first kappa shape index (κ1) is 24.6. The average Bonchev–Trinajstić information content (AvgIpc) is 3.38. The van der Waals surface area contributed by atoms with Crippen LogP contribution in [0.3, 0.4) is 0 Å². The smallest absolute Gasteiger partial charge is 0.338 e. The van der Waals surface area contributed by atoms with Crippen molar-refractivity contribution in [2.45, 2.75) is 19.9 Å². The van der Waals surface area contributed by atoms with Crippen LogP contribution in [-0.4, -0.2) is 35.9 Å². The Bertz CT molecular complexity index is 1740. The van der Waals surface area contributed by atoms with Crippen molar-refractivity contribution in [2.75, 3.05) is 20.8 Å². The molecule has 0 radical (unpaired) electrons. The Morgan fingerprint density at radius 1 is 1.14 bits per heavy atom. The highest BCUT2D eigenvalue weighted by Gasteiger charge is 2.34. The number of hydrogen-bond acceptors (Lipinski definition) is 7. The zero-order chi connectivity index (χ0) is 26.3. The number of fused-ring (bicyclic) bond motifs is 2. The zero-order valence-electron chi connectivity index (χ0n) is 21.3. The molecule has 0 saturated heterocycles. The van der Waals surface area contributed by atoms with Crippen LogP contribution in [0.2, 0.25) is 0 Å². The molecule has 0 aliphatic carbocycles. The SMILES string of the molecule is CCOC(=O)C1=C(C)N=c2s/c(=C\c3cn(C)c4ccccc34)c(=O)n2[C@@H]1c1ccc(OC)c(OC)c1. The number of hydrogen-bond donors (Lipinski definition) is 0. The molecule has 8 nitrogen and oxygen atoms in total. The zero-order valence-corrected chi connectivity index (χ0v) is 22.1. The van der Waals surface area contributed by atoms with E-state index in [9.17, 15) is 9.59 Å². The molecule has 1 atom stereocenters. The summed E-state index contributed by atoms with van der Waals surface area (Å²) in [7, 11) is 5.08. The number of methoxy groups -OCH3 is 2. The van der Waals surface area contributed by atoms with Crippen LogP contribution in [0.5, 0.6) is 11.5 Å². The molecular formula is C28H27N3O5S. The van der Waals surface area contributed by atoms with E-state index in [4.69, 9.17) is 14.2 Å². The molecule has 2 aromatic carbocycles. The molecule has 1 aliphatic heterocycles. The van der Waals surface area contributed by atoms with Crippen LogP contribution < -0.4 is 24.4 Å². The van der Waals surface area contributed by atoms with Gasteiger partial charge in [-0.05, 0) is 43.7 Å². The van der Waals surface area contributed by atoms with Gasteiger partial charge in [-0.1, -0.05) is 35.6 Å². The molecule has 5 rings (SSSR count). The topological polar surface area (TPSA) is 84.1 Å². The van der Waals surface area contributed by atoms with Crippen LogP contribution in [-0.2, 0) is 16.6 Å². The second kappa shape index (κ2) is 9.74. The molecule has 1 aliphatic rings. The summed E-state index contributed by atoms with van der Waals surface area (Å²) in [5.74, 6) is 0.538. The Hall–Kier alpha value is -4.11. The molecule has 190 valence electrons. The summed E-state index contributed by atoms with van der Waals surface area (Å²) in [6.45, 7) is 3.72. The molecule has 0 fully saturated rings. The quantitative estimate of drug-likeness (QED) is 0.367. The van der Waals surface area contributed by atoms with Crippen LogP contribution >= 0.6 is 11.3 Å². The highest BCUT2D eigenvalue weighted by atomic mass is 32.1. The third-order valence-electron chi connectivity index (χ3n) is 6.45. The van der Waals surface area contributed by atoms with Gasteiger partial charge in [0.1, 0.15) is 0 Å². The van der Waals surface area contributed by atoms with Gasteiger partial charge in [-0.15, -0.1) is 0 Å². The molecule has 4 aromatic rings. The van der Waals surface area contributed by atoms with Gasteiger partial charge in [0.05, 0.1) is 42.7 Å². The third kappa shape index (κ3) is 4.15. The van der Waals surface area contributed by atoms with Gasteiger partial charge in [0.15, 0.2) is 16.3 Å². The predicted molar refractivity (Wildman–Crippen MR) is 143 cm³/mol. The van der Waals surface area contributed by atoms with Gasteiger partial charge in [-0.2, -0.15) is 0 Å². The minimum atomic E-state index is -0.732. The van der Waals surface area contributed by atoms with Gasteiger partial charge in [-0.25, -0.2) is 9.79 Å². The van der Waals surface area contributed by atoms with Gasteiger partial charge in [-0.3, -0.25) is 9.36 Å². The van der Waals surface area contributed by atoms with Crippen molar-refractivity contribution in [1.82, 2.24) is 9.13 Å². The standard InChI is InChI=1S/C28H27N3O5S/c1-6-36-27(33)24-16(2)29-28-31(25(24)17-11-12-21(34-4)22(13-17)35-5)26(32)23(37-28)14-18-15-30(3)20-10-8-7-9-19(18)20/h7-15,25H,6H2,1-5H3/b23-14-/t25-/m1/s1. The summed E-state index contributed by atoms with van der Waals surface area (Å²) in [5.41, 5.74) is 3.30. The van der Waals surface area contributed by atoms with Crippen LogP contribution in [0.4, 0.5) is 0 Å². The minimum Gasteiger partial charge on any atom is -0.493 e. The Kier molecular flexibility index (Phi) is 6.47. The van der Waals surface area contributed by atoms with E-state index >= 15 is 0 Å². The second-order valence-electron chi connectivity index (χ2n) is 8.63. The number of aryl methyl sites for hydroxylation is 1. The first-order valence-corrected chi connectivity index (χ1v) is 12.6. The number of carbonyl (C=O) groups excluding carboxylic acids is 1. The highest BCUT2D eigenvalue weighted by molar-refractivity contribution is 7.07.